The molecule has 4 rings (SSSR count). The first-order valence-corrected chi connectivity index (χ1v) is 13.0. The van der Waals surface area contributed by atoms with E-state index in [4.69, 9.17) is 9.15 Å². The van der Waals surface area contributed by atoms with E-state index in [-0.39, 0.29) is 34.7 Å². The second-order valence-electron chi connectivity index (χ2n) is 8.36. The van der Waals surface area contributed by atoms with Crippen LogP contribution in [0.15, 0.2) is 76.2 Å². The molecule has 0 fully saturated rings. The van der Waals surface area contributed by atoms with Crippen molar-refractivity contribution in [2.75, 3.05) is 7.11 Å². The minimum atomic E-state index is -3.59. The number of esters is 1. The van der Waals surface area contributed by atoms with Gasteiger partial charge in [0.15, 0.2) is 15.5 Å². The number of sulfone groups is 1. The Kier molecular flexibility index (Phi) is 7.49. The molecule has 190 valence electrons. The van der Waals surface area contributed by atoms with Crippen LogP contribution >= 0.6 is 0 Å². The van der Waals surface area contributed by atoms with Gasteiger partial charge in [0.1, 0.15) is 11.5 Å². The highest BCUT2D eigenvalue weighted by molar-refractivity contribution is 7.90. The van der Waals surface area contributed by atoms with Crippen molar-refractivity contribution in [1.29, 1.82) is 0 Å². The van der Waals surface area contributed by atoms with Crippen molar-refractivity contribution in [3.05, 3.63) is 101 Å². The molecule has 0 bridgehead atoms. The zero-order valence-electron chi connectivity index (χ0n) is 20.5. The van der Waals surface area contributed by atoms with E-state index in [1.807, 2.05) is 6.92 Å². The lowest BCUT2D eigenvalue weighted by molar-refractivity contribution is 0.0591. The van der Waals surface area contributed by atoms with E-state index in [2.05, 4.69) is 15.3 Å². The second kappa shape index (κ2) is 10.8. The van der Waals surface area contributed by atoms with Crippen LogP contribution in [0, 0.1) is 13.8 Å². The first-order chi connectivity index (χ1) is 17.7. The Labute approximate surface area is 214 Å². The van der Waals surface area contributed by atoms with Crippen LogP contribution < -0.4 is 5.32 Å². The van der Waals surface area contributed by atoms with Crippen LogP contribution in [0.1, 0.15) is 43.4 Å². The molecular weight excluding hydrogens is 494 g/mol. The average molecular weight is 520 g/mol. The van der Waals surface area contributed by atoms with Gasteiger partial charge in [-0.25, -0.2) is 23.2 Å². The van der Waals surface area contributed by atoms with Gasteiger partial charge in [-0.3, -0.25) is 4.79 Å². The smallest absolute Gasteiger partial charge is 0.356 e. The first kappa shape index (κ1) is 25.8. The van der Waals surface area contributed by atoms with Crippen LogP contribution in [-0.4, -0.2) is 37.4 Å². The molecular formula is C27H25N3O6S. The van der Waals surface area contributed by atoms with Gasteiger partial charge in [-0.05, 0) is 56.3 Å². The maximum atomic E-state index is 12.8. The number of ether oxygens (including phenoxy) is 1. The zero-order valence-corrected chi connectivity index (χ0v) is 21.3. The number of hydrogen-bond donors (Lipinski definition) is 1. The van der Waals surface area contributed by atoms with Crippen molar-refractivity contribution < 1.29 is 27.2 Å². The zero-order chi connectivity index (χ0) is 26.6. The van der Waals surface area contributed by atoms with Crippen LogP contribution in [0.25, 0.3) is 11.5 Å². The van der Waals surface area contributed by atoms with Crippen molar-refractivity contribution in [1.82, 2.24) is 15.3 Å². The SMILES string of the molecule is COC(=O)c1ncccc1CNC(=O)c1ccc(-c2nc(CS(=O)(=O)c3ccc(C)cc3)c(C)o2)cc1. The third-order valence-electron chi connectivity index (χ3n) is 5.70. The number of nitrogens with one attached hydrogen (secondary N) is 1. The number of hydrogen-bond acceptors (Lipinski definition) is 8. The average Bonchev–Trinajstić information content (AvgIpc) is 3.26. The van der Waals surface area contributed by atoms with E-state index >= 15 is 0 Å². The Morgan fingerprint density at radius 2 is 1.70 bits per heavy atom. The molecule has 0 atom stereocenters. The van der Waals surface area contributed by atoms with Gasteiger partial charge >= 0.3 is 5.97 Å². The van der Waals surface area contributed by atoms with Crippen LogP contribution in [0.5, 0.6) is 0 Å². The van der Waals surface area contributed by atoms with E-state index in [0.717, 1.165) is 5.56 Å². The van der Waals surface area contributed by atoms with E-state index in [1.54, 1.807) is 67.6 Å². The van der Waals surface area contributed by atoms with Crippen LogP contribution in [0.2, 0.25) is 0 Å². The summed E-state index contributed by atoms with van der Waals surface area (Å²) in [6.07, 6.45) is 1.48. The number of carbonyl (C=O) groups is 2. The van der Waals surface area contributed by atoms with Crippen LogP contribution in [0.4, 0.5) is 0 Å². The van der Waals surface area contributed by atoms with Crippen molar-refractivity contribution >= 4 is 21.7 Å². The maximum absolute atomic E-state index is 12.8. The standard InChI is InChI=1S/C27H25N3O6S/c1-17-6-12-22(13-7-17)37(33,34)16-23-18(2)36-26(30-23)20-10-8-19(9-11-20)25(31)29-15-21-5-4-14-28-24(21)27(32)35-3/h4-14H,15-16H2,1-3H3,(H,29,31). The molecule has 0 aliphatic heterocycles. The number of aromatic nitrogens is 2. The number of pyridine rings is 1. The fourth-order valence-electron chi connectivity index (χ4n) is 3.60. The van der Waals surface area contributed by atoms with Crippen LogP contribution in [-0.2, 0) is 26.9 Å². The number of aryl methyl sites for hydroxylation is 2. The third kappa shape index (κ3) is 5.92. The van der Waals surface area contributed by atoms with Gasteiger partial charge in [0, 0.05) is 29.4 Å². The maximum Gasteiger partial charge on any atom is 0.356 e. The third-order valence-corrected chi connectivity index (χ3v) is 7.35. The number of nitrogens with zero attached hydrogens (tertiary/aromatic N) is 2. The number of oxazole rings is 1. The van der Waals surface area contributed by atoms with E-state index in [0.29, 0.717) is 28.1 Å². The highest BCUT2D eigenvalue weighted by Crippen LogP contribution is 2.25. The lowest BCUT2D eigenvalue weighted by Crippen LogP contribution is -2.24. The van der Waals surface area contributed by atoms with Crippen LogP contribution in [0.3, 0.4) is 0 Å². The van der Waals surface area contributed by atoms with Gasteiger partial charge < -0.3 is 14.5 Å². The molecule has 0 saturated carbocycles. The quantitative estimate of drug-likeness (QED) is 0.345. The van der Waals surface area contributed by atoms with Gasteiger partial charge in [-0.2, -0.15) is 0 Å². The number of rotatable bonds is 8. The number of benzene rings is 2. The molecule has 1 N–H and O–H groups in total. The van der Waals surface area contributed by atoms with E-state index < -0.39 is 15.8 Å². The summed E-state index contributed by atoms with van der Waals surface area (Å²) < 4.78 is 36.1. The van der Waals surface area contributed by atoms with Gasteiger partial charge in [-0.1, -0.05) is 23.8 Å². The highest BCUT2D eigenvalue weighted by Gasteiger charge is 2.21. The highest BCUT2D eigenvalue weighted by atomic mass is 32.2. The largest absolute Gasteiger partial charge is 0.464 e. The predicted molar refractivity (Wildman–Crippen MR) is 135 cm³/mol. The van der Waals surface area contributed by atoms with E-state index in [9.17, 15) is 18.0 Å². The fourth-order valence-corrected chi connectivity index (χ4v) is 4.94. The summed E-state index contributed by atoms with van der Waals surface area (Å²) in [5.74, 6) is -0.545. The van der Waals surface area contributed by atoms with Crippen molar-refractivity contribution in [2.45, 2.75) is 31.0 Å². The Hall–Kier alpha value is -4.31. The summed E-state index contributed by atoms with van der Waals surface area (Å²) in [5, 5.41) is 2.76. The van der Waals surface area contributed by atoms with Gasteiger partial charge in [0.05, 0.1) is 17.7 Å². The molecule has 4 aromatic rings. The number of amides is 1. The summed E-state index contributed by atoms with van der Waals surface area (Å²) >= 11 is 0. The minimum absolute atomic E-state index is 0.0939. The molecule has 0 saturated heterocycles. The Bertz CT molecular complexity index is 1540. The summed E-state index contributed by atoms with van der Waals surface area (Å²) in [7, 11) is -2.32. The summed E-state index contributed by atoms with van der Waals surface area (Å²) in [4.78, 5) is 33.1. The Morgan fingerprint density at radius 1 is 1.00 bits per heavy atom. The molecule has 2 heterocycles. The number of methoxy groups -OCH3 is 1. The van der Waals surface area contributed by atoms with Crippen molar-refractivity contribution in [2.24, 2.45) is 0 Å². The van der Waals surface area contributed by atoms with Gasteiger partial charge in [0.2, 0.25) is 5.89 Å². The molecule has 0 unspecified atom stereocenters. The molecule has 0 radical (unpaired) electrons. The molecule has 0 aliphatic rings. The monoisotopic (exact) mass is 519 g/mol. The molecule has 0 spiro atoms. The topological polar surface area (TPSA) is 128 Å². The minimum Gasteiger partial charge on any atom is -0.464 e. The summed E-state index contributed by atoms with van der Waals surface area (Å²) in [6.45, 7) is 3.65. The summed E-state index contributed by atoms with van der Waals surface area (Å²) in [6, 6.07) is 16.6. The van der Waals surface area contributed by atoms with Crippen molar-refractivity contribution in [3.63, 3.8) is 0 Å². The lowest BCUT2D eigenvalue weighted by Gasteiger charge is -2.08. The molecule has 1 amide bonds. The number of carbonyl (C=O) groups excluding carboxylic acids is 2. The predicted octanol–water partition coefficient (Wildman–Crippen LogP) is 4.04. The van der Waals surface area contributed by atoms with Gasteiger partial charge in [-0.15, -0.1) is 0 Å². The Morgan fingerprint density at radius 3 is 2.38 bits per heavy atom. The van der Waals surface area contributed by atoms with Crippen molar-refractivity contribution in [3.8, 4) is 11.5 Å². The molecule has 2 aromatic heterocycles. The van der Waals surface area contributed by atoms with E-state index in [1.165, 1.54) is 13.3 Å². The molecule has 10 heteroatoms. The molecule has 0 aliphatic carbocycles. The van der Waals surface area contributed by atoms with Gasteiger partial charge in [0.25, 0.3) is 5.91 Å². The Balaban J connectivity index is 1.45. The second-order valence-corrected chi connectivity index (χ2v) is 10.3. The normalized spacial score (nSPS) is 11.2. The first-order valence-electron chi connectivity index (χ1n) is 11.3. The summed E-state index contributed by atoms with van der Waals surface area (Å²) in [5.41, 5.74) is 2.95. The molecule has 2 aromatic carbocycles. The molecule has 37 heavy (non-hydrogen) atoms. The lowest BCUT2D eigenvalue weighted by atomic mass is 10.1. The fraction of sp³-hybridized carbons (Fsp3) is 0.185. The molecule has 9 nitrogen and oxygen atoms in total.